The Balaban J connectivity index is 2.88. The fourth-order valence-corrected chi connectivity index (χ4v) is 1.42. The van der Waals surface area contributed by atoms with Crippen LogP contribution in [-0.2, 0) is 0 Å². The fourth-order valence-electron chi connectivity index (χ4n) is 1.42. The minimum absolute atomic E-state index is 0.0666. The molecule has 0 saturated carbocycles. The molecule has 0 spiro atoms. The number of pyridine rings is 1. The molecule has 2 nitrogen and oxygen atoms in total. The van der Waals surface area contributed by atoms with Crippen LogP contribution in [0.25, 0.3) is 0 Å². The van der Waals surface area contributed by atoms with E-state index in [4.69, 9.17) is 5.73 Å². The molecule has 0 aliphatic carbocycles. The van der Waals surface area contributed by atoms with E-state index in [2.05, 4.69) is 22.9 Å². The summed E-state index contributed by atoms with van der Waals surface area (Å²) in [5.74, 6) is 5.81. The van der Waals surface area contributed by atoms with Gasteiger partial charge in [-0.15, -0.1) is 11.8 Å². The van der Waals surface area contributed by atoms with Gasteiger partial charge in [0.15, 0.2) is 0 Å². The topological polar surface area (TPSA) is 38.9 Å². The lowest BCUT2D eigenvalue weighted by Crippen LogP contribution is -2.13. The van der Waals surface area contributed by atoms with Crippen molar-refractivity contribution in [1.29, 1.82) is 0 Å². The molecule has 14 heavy (non-hydrogen) atoms. The van der Waals surface area contributed by atoms with E-state index < -0.39 is 0 Å². The van der Waals surface area contributed by atoms with Gasteiger partial charge in [-0.2, -0.15) is 0 Å². The molecule has 1 unspecified atom stereocenters. The van der Waals surface area contributed by atoms with Crippen LogP contribution in [0, 0.1) is 25.7 Å². The van der Waals surface area contributed by atoms with E-state index in [9.17, 15) is 0 Å². The van der Waals surface area contributed by atoms with Crippen LogP contribution in [0.15, 0.2) is 12.3 Å². The van der Waals surface area contributed by atoms with Crippen LogP contribution in [0.1, 0.15) is 36.2 Å². The van der Waals surface area contributed by atoms with Crippen molar-refractivity contribution < 1.29 is 0 Å². The van der Waals surface area contributed by atoms with Crippen LogP contribution >= 0.6 is 0 Å². The molecule has 0 radical (unpaired) electrons. The molecule has 0 bridgehead atoms. The molecule has 0 aromatic carbocycles. The lowest BCUT2D eigenvalue weighted by Gasteiger charge is -2.10. The first-order valence-corrected chi connectivity index (χ1v) is 4.73. The summed E-state index contributed by atoms with van der Waals surface area (Å²) in [6, 6.07) is 2.03. The molecule has 0 amide bonds. The van der Waals surface area contributed by atoms with Crippen molar-refractivity contribution in [2.75, 3.05) is 0 Å². The van der Waals surface area contributed by atoms with Crippen molar-refractivity contribution in [1.82, 2.24) is 4.98 Å². The Kier molecular flexibility index (Phi) is 3.67. The highest BCUT2D eigenvalue weighted by Crippen LogP contribution is 2.16. The van der Waals surface area contributed by atoms with Crippen molar-refractivity contribution >= 4 is 0 Å². The minimum atomic E-state index is -0.0666. The van der Waals surface area contributed by atoms with E-state index in [1.165, 1.54) is 5.56 Å². The molecule has 1 atom stereocenters. The van der Waals surface area contributed by atoms with E-state index >= 15 is 0 Å². The van der Waals surface area contributed by atoms with Crippen LogP contribution in [0.4, 0.5) is 0 Å². The monoisotopic (exact) mass is 188 g/mol. The van der Waals surface area contributed by atoms with E-state index in [1.807, 2.05) is 27.0 Å². The Hall–Kier alpha value is -1.33. The Bertz CT molecular complexity index is 372. The van der Waals surface area contributed by atoms with Crippen molar-refractivity contribution in [3.63, 3.8) is 0 Å². The van der Waals surface area contributed by atoms with Gasteiger partial charge in [-0.25, -0.2) is 0 Å². The summed E-state index contributed by atoms with van der Waals surface area (Å²) < 4.78 is 0. The molecule has 1 rings (SSSR count). The van der Waals surface area contributed by atoms with Gasteiger partial charge in [0.25, 0.3) is 0 Å². The van der Waals surface area contributed by atoms with Gasteiger partial charge < -0.3 is 5.73 Å². The van der Waals surface area contributed by atoms with Crippen molar-refractivity contribution in [3.05, 3.63) is 29.1 Å². The van der Waals surface area contributed by atoms with Gasteiger partial charge in [0.1, 0.15) is 0 Å². The van der Waals surface area contributed by atoms with Crippen molar-refractivity contribution in [2.24, 2.45) is 5.73 Å². The van der Waals surface area contributed by atoms with Crippen LogP contribution in [0.2, 0.25) is 0 Å². The number of aromatic nitrogens is 1. The molecule has 0 fully saturated rings. The Labute approximate surface area is 85.5 Å². The second-order valence-electron chi connectivity index (χ2n) is 3.45. The molecule has 0 saturated heterocycles. The standard InChI is InChI=1S/C12H16N2/c1-4-5-6-11(13)12-10(3)7-9(2)8-14-12/h7-8,11H,6,13H2,1-3H3. The normalized spacial score (nSPS) is 11.7. The summed E-state index contributed by atoms with van der Waals surface area (Å²) in [6.07, 6.45) is 2.52. The number of hydrogen-bond acceptors (Lipinski definition) is 2. The molecular formula is C12H16N2. The van der Waals surface area contributed by atoms with E-state index in [1.54, 1.807) is 0 Å². The van der Waals surface area contributed by atoms with Crippen LogP contribution in [-0.4, -0.2) is 4.98 Å². The average Bonchev–Trinajstić information content (AvgIpc) is 2.14. The molecule has 2 heteroatoms. The molecular weight excluding hydrogens is 172 g/mol. The van der Waals surface area contributed by atoms with Gasteiger partial charge in [0.05, 0.1) is 11.7 Å². The first-order chi connectivity index (χ1) is 6.65. The second-order valence-corrected chi connectivity index (χ2v) is 3.45. The van der Waals surface area contributed by atoms with Crippen LogP contribution < -0.4 is 5.73 Å². The van der Waals surface area contributed by atoms with Gasteiger partial charge in [-0.05, 0) is 31.9 Å². The van der Waals surface area contributed by atoms with Gasteiger partial charge in [-0.1, -0.05) is 6.07 Å². The summed E-state index contributed by atoms with van der Waals surface area (Å²) in [6.45, 7) is 5.89. The lowest BCUT2D eigenvalue weighted by molar-refractivity contribution is 0.716. The molecule has 1 aromatic heterocycles. The summed E-state index contributed by atoms with van der Waals surface area (Å²) in [4.78, 5) is 4.34. The van der Waals surface area contributed by atoms with Gasteiger partial charge in [-0.3, -0.25) is 4.98 Å². The minimum Gasteiger partial charge on any atom is -0.322 e. The molecule has 2 N–H and O–H groups in total. The number of aryl methyl sites for hydroxylation is 2. The zero-order chi connectivity index (χ0) is 10.6. The quantitative estimate of drug-likeness (QED) is 0.722. The third-order valence-electron chi connectivity index (χ3n) is 2.11. The maximum atomic E-state index is 5.97. The predicted octanol–water partition coefficient (Wildman–Crippen LogP) is 2.11. The summed E-state index contributed by atoms with van der Waals surface area (Å²) in [5.41, 5.74) is 9.24. The number of nitrogens with zero attached hydrogens (tertiary/aromatic N) is 1. The Morgan fingerprint density at radius 2 is 2.21 bits per heavy atom. The molecule has 0 aliphatic heterocycles. The van der Waals surface area contributed by atoms with E-state index in [0.29, 0.717) is 6.42 Å². The largest absolute Gasteiger partial charge is 0.322 e. The van der Waals surface area contributed by atoms with Gasteiger partial charge in [0, 0.05) is 12.6 Å². The highest BCUT2D eigenvalue weighted by Gasteiger charge is 2.08. The summed E-state index contributed by atoms with van der Waals surface area (Å²) >= 11 is 0. The third-order valence-corrected chi connectivity index (χ3v) is 2.11. The predicted molar refractivity (Wildman–Crippen MR) is 58.7 cm³/mol. The van der Waals surface area contributed by atoms with Gasteiger partial charge in [0.2, 0.25) is 0 Å². The summed E-state index contributed by atoms with van der Waals surface area (Å²) in [5, 5.41) is 0. The first kappa shape index (κ1) is 10.7. The third kappa shape index (κ3) is 2.58. The van der Waals surface area contributed by atoms with E-state index in [-0.39, 0.29) is 6.04 Å². The van der Waals surface area contributed by atoms with E-state index in [0.717, 1.165) is 11.3 Å². The molecule has 0 aliphatic rings. The second kappa shape index (κ2) is 4.78. The maximum absolute atomic E-state index is 5.97. The number of hydrogen-bond donors (Lipinski definition) is 1. The molecule has 1 heterocycles. The Morgan fingerprint density at radius 3 is 2.79 bits per heavy atom. The van der Waals surface area contributed by atoms with Crippen molar-refractivity contribution in [3.8, 4) is 11.8 Å². The smallest absolute Gasteiger partial charge is 0.0610 e. The first-order valence-electron chi connectivity index (χ1n) is 4.73. The van der Waals surface area contributed by atoms with Crippen LogP contribution in [0.5, 0.6) is 0 Å². The lowest BCUT2D eigenvalue weighted by atomic mass is 10.1. The van der Waals surface area contributed by atoms with Crippen molar-refractivity contribution in [2.45, 2.75) is 33.2 Å². The Morgan fingerprint density at radius 1 is 1.50 bits per heavy atom. The maximum Gasteiger partial charge on any atom is 0.0610 e. The zero-order valence-corrected chi connectivity index (χ0v) is 8.96. The highest BCUT2D eigenvalue weighted by atomic mass is 14.8. The number of rotatable bonds is 2. The average molecular weight is 188 g/mol. The molecule has 1 aromatic rings. The SMILES string of the molecule is CC#CCC(N)c1ncc(C)cc1C. The van der Waals surface area contributed by atoms with Crippen LogP contribution in [0.3, 0.4) is 0 Å². The fraction of sp³-hybridized carbons (Fsp3) is 0.417. The number of nitrogens with two attached hydrogens (primary N) is 1. The summed E-state index contributed by atoms with van der Waals surface area (Å²) in [7, 11) is 0. The zero-order valence-electron chi connectivity index (χ0n) is 8.96. The molecule has 74 valence electrons. The van der Waals surface area contributed by atoms with Gasteiger partial charge >= 0.3 is 0 Å². The highest BCUT2D eigenvalue weighted by molar-refractivity contribution is 5.26.